The highest BCUT2D eigenvalue weighted by molar-refractivity contribution is 7.99. The van der Waals surface area contributed by atoms with E-state index >= 15 is 0 Å². The molecule has 1 saturated heterocycles. The van der Waals surface area contributed by atoms with E-state index in [0.29, 0.717) is 6.04 Å². The van der Waals surface area contributed by atoms with Crippen LogP contribution in [-0.4, -0.2) is 24.1 Å². The molecule has 0 amide bonds. The minimum Gasteiger partial charge on any atom is -0.312 e. The van der Waals surface area contributed by atoms with Crippen LogP contribution in [0.2, 0.25) is 5.02 Å². The molecule has 0 spiro atoms. The molecule has 1 fully saturated rings. The van der Waals surface area contributed by atoms with Crippen LogP contribution >= 0.6 is 23.4 Å². The van der Waals surface area contributed by atoms with E-state index in [4.69, 9.17) is 11.6 Å². The topological polar surface area (TPSA) is 12.0 Å². The first-order valence-electron chi connectivity index (χ1n) is 4.90. The van der Waals surface area contributed by atoms with Gasteiger partial charge in [-0.25, -0.2) is 0 Å². The van der Waals surface area contributed by atoms with Crippen LogP contribution in [0.5, 0.6) is 0 Å². The summed E-state index contributed by atoms with van der Waals surface area (Å²) < 4.78 is 0. The number of benzene rings is 1. The van der Waals surface area contributed by atoms with Gasteiger partial charge in [0.15, 0.2) is 0 Å². The molecule has 3 heteroatoms. The zero-order chi connectivity index (χ0) is 9.80. The average Bonchev–Trinajstić information content (AvgIpc) is 2.19. The molecule has 1 atom stereocenters. The average molecular weight is 228 g/mol. The first-order chi connectivity index (χ1) is 6.84. The van der Waals surface area contributed by atoms with Crippen molar-refractivity contribution in [2.75, 3.05) is 18.1 Å². The van der Waals surface area contributed by atoms with Crippen molar-refractivity contribution >= 4 is 23.4 Å². The summed E-state index contributed by atoms with van der Waals surface area (Å²) in [4.78, 5) is 0. The summed E-state index contributed by atoms with van der Waals surface area (Å²) in [5.74, 6) is 2.46. The number of halogens is 1. The van der Waals surface area contributed by atoms with Crippen molar-refractivity contribution in [2.24, 2.45) is 0 Å². The largest absolute Gasteiger partial charge is 0.312 e. The summed E-state index contributed by atoms with van der Waals surface area (Å²) in [6, 6.07) is 8.77. The van der Waals surface area contributed by atoms with Crippen LogP contribution in [0, 0.1) is 0 Å². The van der Waals surface area contributed by atoms with E-state index in [2.05, 4.69) is 17.4 Å². The summed E-state index contributed by atoms with van der Waals surface area (Å²) in [7, 11) is 0. The molecule has 0 radical (unpaired) electrons. The van der Waals surface area contributed by atoms with E-state index < -0.39 is 0 Å². The molecule has 1 aliphatic heterocycles. The third kappa shape index (κ3) is 2.91. The molecule has 76 valence electrons. The van der Waals surface area contributed by atoms with Gasteiger partial charge in [-0.3, -0.25) is 0 Å². The quantitative estimate of drug-likeness (QED) is 0.834. The first kappa shape index (κ1) is 10.3. The zero-order valence-electron chi connectivity index (χ0n) is 8.00. The van der Waals surface area contributed by atoms with E-state index in [1.807, 2.05) is 23.9 Å². The Balaban J connectivity index is 1.95. The van der Waals surface area contributed by atoms with Gasteiger partial charge in [-0.05, 0) is 24.1 Å². The third-order valence-electron chi connectivity index (χ3n) is 2.37. The molecule has 1 nitrogen and oxygen atoms in total. The Bertz CT molecular complexity index is 297. The molecule has 0 aliphatic carbocycles. The predicted molar refractivity (Wildman–Crippen MR) is 64.3 cm³/mol. The molecule has 1 aromatic rings. The molecule has 1 aromatic carbocycles. The molecular formula is C11H14ClNS. The standard InChI is InChI=1S/C11H14ClNS/c12-10-3-1-2-9(6-10)7-11-8-14-5-4-13-11/h1-3,6,11,13H,4-5,7-8H2. The van der Waals surface area contributed by atoms with Crippen molar-refractivity contribution in [2.45, 2.75) is 12.5 Å². The summed E-state index contributed by atoms with van der Waals surface area (Å²) >= 11 is 7.97. The van der Waals surface area contributed by atoms with Crippen LogP contribution in [0.15, 0.2) is 24.3 Å². The second kappa shape index (κ2) is 5.06. The number of thioether (sulfide) groups is 1. The summed E-state index contributed by atoms with van der Waals surface area (Å²) in [5, 5.41) is 4.36. The molecule has 0 saturated carbocycles. The second-order valence-electron chi connectivity index (χ2n) is 3.56. The van der Waals surface area contributed by atoms with E-state index in [1.54, 1.807) is 0 Å². The van der Waals surface area contributed by atoms with Gasteiger partial charge in [0.05, 0.1) is 0 Å². The first-order valence-corrected chi connectivity index (χ1v) is 6.43. The molecule has 14 heavy (non-hydrogen) atoms. The molecule has 1 unspecified atom stereocenters. The van der Waals surface area contributed by atoms with Gasteiger partial charge in [-0.15, -0.1) is 0 Å². The SMILES string of the molecule is Clc1cccc(CC2CSCCN2)c1. The number of hydrogen-bond donors (Lipinski definition) is 1. The van der Waals surface area contributed by atoms with Crippen molar-refractivity contribution < 1.29 is 0 Å². The van der Waals surface area contributed by atoms with Crippen LogP contribution in [-0.2, 0) is 6.42 Å². The Morgan fingerprint density at radius 1 is 1.50 bits per heavy atom. The van der Waals surface area contributed by atoms with Crippen molar-refractivity contribution in [3.8, 4) is 0 Å². The van der Waals surface area contributed by atoms with Crippen LogP contribution < -0.4 is 5.32 Å². The molecule has 1 heterocycles. The van der Waals surface area contributed by atoms with Crippen LogP contribution in [0.4, 0.5) is 0 Å². The minimum atomic E-state index is 0.618. The van der Waals surface area contributed by atoms with Gasteiger partial charge in [0, 0.05) is 29.1 Å². The maximum atomic E-state index is 5.94. The second-order valence-corrected chi connectivity index (χ2v) is 5.15. The zero-order valence-corrected chi connectivity index (χ0v) is 9.57. The highest BCUT2D eigenvalue weighted by Gasteiger charge is 2.12. The monoisotopic (exact) mass is 227 g/mol. The van der Waals surface area contributed by atoms with Crippen molar-refractivity contribution in [1.82, 2.24) is 5.32 Å². The normalized spacial score (nSPS) is 22.2. The summed E-state index contributed by atoms with van der Waals surface area (Å²) in [5.41, 5.74) is 1.33. The molecule has 2 rings (SSSR count). The van der Waals surface area contributed by atoms with E-state index in [0.717, 1.165) is 18.0 Å². The third-order valence-corrected chi connectivity index (χ3v) is 3.74. The molecular weight excluding hydrogens is 214 g/mol. The van der Waals surface area contributed by atoms with E-state index in [9.17, 15) is 0 Å². The highest BCUT2D eigenvalue weighted by Crippen LogP contribution is 2.15. The van der Waals surface area contributed by atoms with Crippen molar-refractivity contribution in [3.05, 3.63) is 34.9 Å². The fourth-order valence-corrected chi connectivity index (χ4v) is 2.86. The maximum absolute atomic E-state index is 5.94. The number of nitrogens with one attached hydrogen (secondary N) is 1. The lowest BCUT2D eigenvalue weighted by Crippen LogP contribution is -2.38. The summed E-state index contributed by atoms with van der Waals surface area (Å²) in [6.07, 6.45) is 1.09. The number of rotatable bonds is 2. The van der Waals surface area contributed by atoms with Crippen LogP contribution in [0.25, 0.3) is 0 Å². The Morgan fingerprint density at radius 2 is 2.43 bits per heavy atom. The van der Waals surface area contributed by atoms with E-state index in [-0.39, 0.29) is 0 Å². The molecule has 1 N–H and O–H groups in total. The van der Waals surface area contributed by atoms with Crippen molar-refractivity contribution in [1.29, 1.82) is 0 Å². The Hall–Kier alpha value is -0.180. The Kier molecular flexibility index (Phi) is 3.74. The Labute approximate surface area is 94.2 Å². The molecule has 0 bridgehead atoms. The molecule has 0 aromatic heterocycles. The lowest BCUT2D eigenvalue weighted by atomic mass is 10.1. The summed E-state index contributed by atoms with van der Waals surface area (Å²) in [6.45, 7) is 1.13. The van der Waals surface area contributed by atoms with Crippen LogP contribution in [0.1, 0.15) is 5.56 Å². The lowest BCUT2D eigenvalue weighted by molar-refractivity contribution is 0.563. The predicted octanol–water partition coefficient (Wildman–Crippen LogP) is 2.59. The van der Waals surface area contributed by atoms with Gasteiger partial charge in [-0.2, -0.15) is 11.8 Å². The van der Waals surface area contributed by atoms with Gasteiger partial charge in [0.2, 0.25) is 0 Å². The lowest BCUT2D eigenvalue weighted by Gasteiger charge is -2.23. The number of hydrogen-bond acceptors (Lipinski definition) is 2. The van der Waals surface area contributed by atoms with Gasteiger partial charge in [0.1, 0.15) is 0 Å². The van der Waals surface area contributed by atoms with Gasteiger partial charge in [-0.1, -0.05) is 23.7 Å². The maximum Gasteiger partial charge on any atom is 0.0408 e. The molecule has 1 aliphatic rings. The van der Waals surface area contributed by atoms with Crippen molar-refractivity contribution in [3.63, 3.8) is 0 Å². The van der Waals surface area contributed by atoms with Gasteiger partial charge < -0.3 is 5.32 Å². The minimum absolute atomic E-state index is 0.618. The van der Waals surface area contributed by atoms with E-state index in [1.165, 1.54) is 17.1 Å². The highest BCUT2D eigenvalue weighted by atomic mass is 35.5. The Morgan fingerprint density at radius 3 is 3.14 bits per heavy atom. The van der Waals surface area contributed by atoms with Crippen LogP contribution in [0.3, 0.4) is 0 Å². The smallest absolute Gasteiger partial charge is 0.0408 e. The van der Waals surface area contributed by atoms with Gasteiger partial charge >= 0.3 is 0 Å². The fourth-order valence-electron chi connectivity index (χ4n) is 1.70. The fraction of sp³-hybridized carbons (Fsp3) is 0.455. The van der Waals surface area contributed by atoms with Gasteiger partial charge in [0.25, 0.3) is 0 Å².